The fraction of sp³-hybridized carbons (Fsp3) is 0.143. The molecule has 2 aromatic rings. The van der Waals surface area contributed by atoms with Crippen LogP contribution < -0.4 is 4.74 Å². The lowest BCUT2D eigenvalue weighted by Gasteiger charge is -2.07. The van der Waals surface area contributed by atoms with Gasteiger partial charge in [-0.2, -0.15) is 0 Å². The van der Waals surface area contributed by atoms with Gasteiger partial charge in [-0.25, -0.2) is 14.2 Å². The van der Waals surface area contributed by atoms with Crippen LogP contribution in [-0.4, -0.2) is 17.6 Å². The molecule has 2 rings (SSSR count). The topological polar surface area (TPSA) is 48.4 Å². The van der Waals surface area contributed by atoms with Crippen molar-refractivity contribution in [3.63, 3.8) is 0 Å². The van der Waals surface area contributed by atoms with Crippen molar-refractivity contribution in [1.29, 1.82) is 0 Å². The van der Waals surface area contributed by atoms with Crippen molar-refractivity contribution in [2.75, 3.05) is 6.61 Å². The minimum absolute atomic E-state index is 0.0516. The molecule has 1 aromatic heterocycles. The summed E-state index contributed by atoms with van der Waals surface area (Å²) in [5, 5.41) is 0. The van der Waals surface area contributed by atoms with E-state index in [0.29, 0.717) is 16.6 Å². The van der Waals surface area contributed by atoms with Crippen LogP contribution in [0.5, 0.6) is 11.6 Å². The molecule has 0 unspecified atom stereocenters. The number of hydrogen-bond acceptors (Lipinski definition) is 4. The van der Waals surface area contributed by atoms with Crippen LogP contribution in [0.1, 0.15) is 17.3 Å². The molecule has 0 bridgehead atoms. The average Bonchev–Trinajstić information content (AvgIpc) is 2.44. The van der Waals surface area contributed by atoms with Gasteiger partial charge in [-0.3, -0.25) is 0 Å². The summed E-state index contributed by atoms with van der Waals surface area (Å²) in [6, 6.07) is 7.34. The number of halogens is 2. The Labute approximate surface area is 123 Å². The van der Waals surface area contributed by atoms with E-state index in [9.17, 15) is 9.18 Å². The normalized spacial score (nSPS) is 10.2. The van der Waals surface area contributed by atoms with Crippen LogP contribution >= 0.6 is 15.9 Å². The molecule has 0 aliphatic carbocycles. The Morgan fingerprint density at radius 2 is 2.15 bits per heavy atom. The summed E-state index contributed by atoms with van der Waals surface area (Å²) in [5.74, 6) is -0.713. The van der Waals surface area contributed by atoms with E-state index in [4.69, 9.17) is 9.47 Å². The SMILES string of the molecule is CCOC(=O)c1ccc(Oc2cc(Br)ccc2F)nc1. The highest BCUT2D eigenvalue weighted by molar-refractivity contribution is 9.10. The van der Waals surface area contributed by atoms with Crippen LogP contribution in [0, 0.1) is 5.82 Å². The zero-order valence-electron chi connectivity index (χ0n) is 10.6. The minimum Gasteiger partial charge on any atom is -0.462 e. The Bertz CT molecular complexity index is 616. The van der Waals surface area contributed by atoms with Gasteiger partial charge in [0.1, 0.15) is 0 Å². The monoisotopic (exact) mass is 339 g/mol. The zero-order chi connectivity index (χ0) is 14.5. The third-order valence-electron chi connectivity index (χ3n) is 2.36. The summed E-state index contributed by atoms with van der Waals surface area (Å²) in [4.78, 5) is 15.4. The lowest BCUT2D eigenvalue weighted by molar-refractivity contribution is 0.0526. The summed E-state index contributed by atoms with van der Waals surface area (Å²) in [5.41, 5.74) is 0.314. The van der Waals surface area contributed by atoms with Gasteiger partial charge in [0.2, 0.25) is 5.88 Å². The fourth-order valence-corrected chi connectivity index (χ4v) is 1.78. The molecule has 4 nitrogen and oxygen atoms in total. The van der Waals surface area contributed by atoms with E-state index in [2.05, 4.69) is 20.9 Å². The van der Waals surface area contributed by atoms with Crippen molar-refractivity contribution < 1.29 is 18.7 Å². The fourth-order valence-electron chi connectivity index (χ4n) is 1.44. The molecular formula is C14H11BrFNO3. The molecule has 6 heteroatoms. The second-order valence-electron chi connectivity index (χ2n) is 3.78. The third kappa shape index (κ3) is 3.54. The Morgan fingerprint density at radius 1 is 1.35 bits per heavy atom. The second kappa shape index (κ2) is 6.47. The molecular weight excluding hydrogens is 329 g/mol. The van der Waals surface area contributed by atoms with Gasteiger partial charge < -0.3 is 9.47 Å². The van der Waals surface area contributed by atoms with Crippen LogP contribution in [0.4, 0.5) is 4.39 Å². The van der Waals surface area contributed by atoms with Gasteiger partial charge in [0.15, 0.2) is 11.6 Å². The number of rotatable bonds is 4. The molecule has 104 valence electrons. The second-order valence-corrected chi connectivity index (χ2v) is 4.70. The summed E-state index contributed by atoms with van der Waals surface area (Å²) in [7, 11) is 0. The minimum atomic E-state index is -0.496. The predicted molar refractivity (Wildman–Crippen MR) is 74.4 cm³/mol. The molecule has 0 fully saturated rings. The highest BCUT2D eigenvalue weighted by Crippen LogP contribution is 2.26. The Kier molecular flexibility index (Phi) is 4.68. The molecule has 1 aromatic carbocycles. The maximum atomic E-state index is 13.5. The van der Waals surface area contributed by atoms with Crippen LogP contribution in [0.3, 0.4) is 0 Å². The first kappa shape index (κ1) is 14.5. The maximum absolute atomic E-state index is 13.5. The van der Waals surface area contributed by atoms with Crippen molar-refractivity contribution in [2.24, 2.45) is 0 Å². The first-order valence-electron chi connectivity index (χ1n) is 5.86. The smallest absolute Gasteiger partial charge is 0.339 e. The van der Waals surface area contributed by atoms with E-state index < -0.39 is 11.8 Å². The standard InChI is InChI=1S/C14H11BrFNO3/c1-2-19-14(18)9-3-6-13(17-8-9)20-12-7-10(15)4-5-11(12)16/h3-8H,2H2,1H3. The number of pyridine rings is 1. The maximum Gasteiger partial charge on any atom is 0.339 e. The Morgan fingerprint density at radius 3 is 2.80 bits per heavy atom. The van der Waals surface area contributed by atoms with E-state index in [1.165, 1.54) is 30.5 Å². The summed E-state index contributed by atoms with van der Waals surface area (Å²) < 4.78 is 24.4. The molecule has 0 amide bonds. The van der Waals surface area contributed by atoms with Crippen molar-refractivity contribution in [3.8, 4) is 11.6 Å². The molecule has 0 aliphatic rings. The molecule has 0 radical (unpaired) electrons. The summed E-state index contributed by atoms with van der Waals surface area (Å²) in [6.07, 6.45) is 1.32. The molecule has 20 heavy (non-hydrogen) atoms. The van der Waals surface area contributed by atoms with Crippen molar-refractivity contribution >= 4 is 21.9 Å². The molecule has 0 N–H and O–H groups in total. The molecule has 1 heterocycles. The van der Waals surface area contributed by atoms with Crippen LogP contribution in [0.25, 0.3) is 0 Å². The van der Waals surface area contributed by atoms with E-state index in [1.807, 2.05) is 0 Å². The van der Waals surface area contributed by atoms with Crippen molar-refractivity contribution in [2.45, 2.75) is 6.92 Å². The first-order valence-corrected chi connectivity index (χ1v) is 6.65. The number of carbonyl (C=O) groups is 1. The first-order chi connectivity index (χ1) is 9.60. The van der Waals surface area contributed by atoms with E-state index in [-0.39, 0.29) is 11.6 Å². The largest absolute Gasteiger partial charge is 0.462 e. The zero-order valence-corrected chi connectivity index (χ0v) is 12.2. The Balaban J connectivity index is 2.14. The van der Waals surface area contributed by atoms with Gasteiger partial charge >= 0.3 is 5.97 Å². The lowest BCUT2D eigenvalue weighted by atomic mass is 10.3. The number of nitrogens with zero attached hydrogens (tertiary/aromatic N) is 1. The van der Waals surface area contributed by atoms with Gasteiger partial charge in [-0.05, 0) is 31.2 Å². The van der Waals surface area contributed by atoms with Crippen LogP contribution in [0.2, 0.25) is 0 Å². The summed E-state index contributed by atoms with van der Waals surface area (Å²) in [6.45, 7) is 2.01. The number of aromatic nitrogens is 1. The molecule has 0 saturated heterocycles. The van der Waals surface area contributed by atoms with E-state index >= 15 is 0 Å². The molecule has 0 atom stereocenters. The van der Waals surface area contributed by atoms with Crippen molar-refractivity contribution in [1.82, 2.24) is 4.98 Å². The number of ether oxygens (including phenoxy) is 2. The van der Waals surface area contributed by atoms with Gasteiger partial charge in [0.05, 0.1) is 12.2 Å². The Hall–Kier alpha value is -1.95. The van der Waals surface area contributed by atoms with Gasteiger partial charge in [-0.1, -0.05) is 15.9 Å². The number of benzene rings is 1. The van der Waals surface area contributed by atoms with Gasteiger partial charge in [-0.15, -0.1) is 0 Å². The highest BCUT2D eigenvalue weighted by Gasteiger charge is 2.09. The van der Waals surface area contributed by atoms with Gasteiger partial charge in [0.25, 0.3) is 0 Å². The highest BCUT2D eigenvalue weighted by atomic mass is 79.9. The lowest BCUT2D eigenvalue weighted by Crippen LogP contribution is -2.05. The molecule has 0 aliphatic heterocycles. The number of esters is 1. The van der Waals surface area contributed by atoms with E-state index in [1.54, 1.807) is 13.0 Å². The number of hydrogen-bond donors (Lipinski definition) is 0. The van der Waals surface area contributed by atoms with E-state index in [0.717, 1.165) is 0 Å². The van der Waals surface area contributed by atoms with Gasteiger partial charge in [0, 0.05) is 16.7 Å². The number of carbonyl (C=O) groups excluding carboxylic acids is 1. The quantitative estimate of drug-likeness (QED) is 0.791. The van der Waals surface area contributed by atoms with Crippen molar-refractivity contribution in [3.05, 3.63) is 52.4 Å². The average molecular weight is 340 g/mol. The van der Waals surface area contributed by atoms with Crippen LogP contribution in [-0.2, 0) is 4.74 Å². The summed E-state index contributed by atoms with van der Waals surface area (Å²) >= 11 is 3.23. The van der Waals surface area contributed by atoms with Crippen LogP contribution in [0.15, 0.2) is 41.0 Å². The molecule has 0 saturated carbocycles. The molecule has 0 spiro atoms. The predicted octanol–water partition coefficient (Wildman–Crippen LogP) is 3.95. The third-order valence-corrected chi connectivity index (χ3v) is 2.85.